The van der Waals surface area contributed by atoms with Crippen LogP contribution in [0.3, 0.4) is 0 Å². The average molecular weight is 254 g/mol. The third kappa shape index (κ3) is 4.76. The van der Waals surface area contributed by atoms with Gasteiger partial charge in [-0.15, -0.1) is 0 Å². The summed E-state index contributed by atoms with van der Waals surface area (Å²) in [6.07, 6.45) is 4.97. The van der Waals surface area contributed by atoms with E-state index in [9.17, 15) is 0 Å². The Labute approximate surface area is 110 Å². The van der Waals surface area contributed by atoms with Crippen LogP contribution >= 0.6 is 0 Å². The van der Waals surface area contributed by atoms with Crippen LogP contribution in [0.2, 0.25) is 0 Å². The molecule has 0 saturated carbocycles. The van der Waals surface area contributed by atoms with E-state index in [1.165, 1.54) is 0 Å². The monoisotopic (exact) mass is 254 g/mol. The number of likely N-dealkylation sites (N-methyl/N-ethyl adjacent to an activating group) is 1. The maximum atomic E-state index is 5.30. The van der Waals surface area contributed by atoms with Crippen molar-refractivity contribution in [1.29, 1.82) is 0 Å². The average Bonchev–Trinajstić information content (AvgIpc) is 2.74. The Bertz CT molecular complexity index is 327. The van der Waals surface area contributed by atoms with Gasteiger partial charge in [-0.05, 0) is 20.0 Å². The van der Waals surface area contributed by atoms with E-state index in [0.29, 0.717) is 6.04 Å². The fourth-order valence-electron chi connectivity index (χ4n) is 1.88. The van der Waals surface area contributed by atoms with Gasteiger partial charge in [-0.3, -0.25) is 4.90 Å². The normalized spacial score (nSPS) is 13.2. The molecule has 0 fully saturated rings. The Hall–Kier alpha value is -0.910. The molecule has 1 rings (SSSR count). The number of rotatable bonds is 9. The third-order valence-corrected chi connectivity index (χ3v) is 3.10. The van der Waals surface area contributed by atoms with Gasteiger partial charge in [0.2, 0.25) is 0 Å². The maximum Gasteiger partial charge on any atom is 0.122 e. The van der Waals surface area contributed by atoms with Gasteiger partial charge in [0.15, 0.2) is 0 Å². The molecule has 1 aromatic heterocycles. The molecule has 1 aromatic rings. The molecule has 0 aliphatic heterocycles. The fourth-order valence-corrected chi connectivity index (χ4v) is 1.88. The molecule has 0 aliphatic rings. The number of methoxy groups -OCH3 is 1. The summed E-state index contributed by atoms with van der Waals surface area (Å²) in [5, 5.41) is 3.45. The highest BCUT2D eigenvalue weighted by Crippen LogP contribution is 2.04. The molecule has 1 atom stereocenters. The molecule has 1 N–H and O–H groups in total. The summed E-state index contributed by atoms with van der Waals surface area (Å²) in [5.74, 6) is 1.08. The first kappa shape index (κ1) is 15.1. The van der Waals surface area contributed by atoms with E-state index < -0.39 is 0 Å². The van der Waals surface area contributed by atoms with Gasteiger partial charge in [0.05, 0.1) is 13.2 Å². The number of aromatic nitrogens is 2. The minimum Gasteiger partial charge on any atom is -0.383 e. The predicted molar refractivity (Wildman–Crippen MR) is 73.5 cm³/mol. The molecule has 5 nitrogen and oxygen atoms in total. The Balaban J connectivity index is 2.48. The number of hydrogen-bond donors (Lipinski definition) is 1. The smallest absolute Gasteiger partial charge is 0.122 e. The zero-order chi connectivity index (χ0) is 13.4. The Morgan fingerprint density at radius 1 is 1.56 bits per heavy atom. The molecular weight excluding hydrogens is 228 g/mol. The first-order valence-electron chi connectivity index (χ1n) is 6.55. The second-order valence-electron chi connectivity index (χ2n) is 4.68. The summed E-state index contributed by atoms with van der Waals surface area (Å²) in [7, 11) is 5.89. The molecule has 0 amide bonds. The molecule has 0 aromatic carbocycles. The fraction of sp³-hybridized carbons (Fsp3) is 0.769. The molecule has 104 valence electrons. The summed E-state index contributed by atoms with van der Waals surface area (Å²) in [5.41, 5.74) is 0. The first-order chi connectivity index (χ1) is 8.69. The van der Waals surface area contributed by atoms with Crippen molar-refractivity contribution >= 4 is 0 Å². The van der Waals surface area contributed by atoms with Crippen LogP contribution in [-0.4, -0.2) is 54.3 Å². The SMILES string of the molecule is CCCNCC(COC)N(C)Cc1nccn1C. The maximum absolute atomic E-state index is 5.30. The minimum absolute atomic E-state index is 0.373. The molecule has 5 heteroatoms. The van der Waals surface area contributed by atoms with Crippen molar-refractivity contribution in [3.63, 3.8) is 0 Å². The standard InChI is InChI=1S/C13H26N4O/c1-5-6-14-9-12(11-18-4)17(3)10-13-15-7-8-16(13)2/h7-8,12,14H,5-6,9-11H2,1-4H3. The zero-order valence-electron chi connectivity index (χ0n) is 12.0. The van der Waals surface area contributed by atoms with E-state index in [1.807, 2.05) is 19.4 Å². The van der Waals surface area contributed by atoms with Gasteiger partial charge in [0.25, 0.3) is 0 Å². The molecular formula is C13H26N4O. The van der Waals surface area contributed by atoms with Gasteiger partial charge in [-0.25, -0.2) is 4.98 Å². The van der Waals surface area contributed by atoms with Gasteiger partial charge < -0.3 is 14.6 Å². The van der Waals surface area contributed by atoms with Gasteiger partial charge >= 0.3 is 0 Å². The molecule has 1 unspecified atom stereocenters. The third-order valence-electron chi connectivity index (χ3n) is 3.10. The molecule has 0 bridgehead atoms. The second-order valence-corrected chi connectivity index (χ2v) is 4.68. The molecule has 1 heterocycles. The largest absolute Gasteiger partial charge is 0.383 e. The summed E-state index contributed by atoms with van der Waals surface area (Å²) in [6.45, 7) is 5.75. The van der Waals surface area contributed by atoms with E-state index in [0.717, 1.165) is 38.5 Å². The van der Waals surface area contributed by atoms with Gasteiger partial charge in [-0.2, -0.15) is 0 Å². The van der Waals surface area contributed by atoms with Gasteiger partial charge in [0.1, 0.15) is 5.82 Å². The van der Waals surface area contributed by atoms with Crippen LogP contribution in [0.15, 0.2) is 12.4 Å². The van der Waals surface area contributed by atoms with Crippen LogP contribution in [-0.2, 0) is 18.3 Å². The zero-order valence-corrected chi connectivity index (χ0v) is 12.0. The number of ether oxygens (including phenoxy) is 1. The summed E-state index contributed by atoms with van der Waals surface area (Å²) in [4.78, 5) is 6.64. The van der Waals surface area contributed by atoms with Crippen molar-refractivity contribution in [3.05, 3.63) is 18.2 Å². The number of nitrogens with zero attached hydrogens (tertiary/aromatic N) is 3. The first-order valence-corrected chi connectivity index (χ1v) is 6.55. The van der Waals surface area contributed by atoms with Crippen LogP contribution in [0.5, 0.6) is 0 Å². The van der Waals surface area contributed by atoms with Crippen molar-refractivity contribution in [1.82, 2.24) is 19.8 Å². The Kier molecular flexibility index (Phi) is 6.93. The van der Waals surface area contributed by atoms with Crippen LogP contribution in [0, 0.1) is 0 Å². The summed E-state index contributed by atoms with van der Waals surface area (Å²) < 4.78 is 7.35. The summed E-state index contributed by atoms with van der Waals surface area (Å²) in [6, 6.07) is 0.373. The van der Waals surface area contributed by atoms with Crippen molar-refractivity contribution in [3.8, 4) is 0 Å². The van der Waals surface area contributed by atoms with E-state index >= 15 is 0 Å². The number of imidazole rings is 1. The van der Waals surface area contributed by atoms with Gasteiger partial charge in [0, 0.05) is 39.1 Å². The number of nitrogens with one attached hydrogen (secondary N) is 1. The number of aryl methyl sites for hydroxylation is 1. The highest BCUT2D eigenvalue weighted by atomic mass is 16.5. The molecule has 0 aliphatic carbocycles. The quantitative estimate of drug-likeness (QED) is 0.664. The van der Waals surface area contributed by atoms with E-state index in [2.05, 4.69) is 33.7 Å². The lowest BCUT2D eigenvalue weighted by Gasteiger charge is -2.27. The van der Waals surface area contributed by atoms with Gasteiger partial charge in [-0.1, -0.05) is 6.92 Å². The van der Waals surface area contributed by atoms with Crippen LogP contribution < -0.4 is 5.32 Å². The lowest BCUT2D eigenvalue weighted by Crippen LogP contribution is -2.43. The second kappa shape index (κ2) is 8.24. The Morgan fingerprint density at radius 3 is 2.89 bits per heavy atom. The van der Waals surface area contributed by atoms with Crippen LogP contribution in [0.25, 0.3) is 0 Å². The lowest BCUT2D eigenvalue weighted by molar-refractivity contribution is 0.0994. The van der Waals surface area contributed by atoms with Crippen LogP contribution in [0.4, 0.5) is 0 Å². The van der Waals surface area contributed by atoms with Crippen LogP contribution in [0.1, 0.15) is 19.2 Å². The highest BCUT2D eigenvalue weighted by Gasteiger charge is 2.15. The summed E-state index contributed by atoms with van der Waals surface area (Å²) >= 11 is 0. The van der Waals surface area contributed by atoms with Crippen molar-refractivity contribution < 1.29 is 4.74 Å². The topological polar surface area (TPSA) is 42.3 Å². The Morgan fingerprint density at radius 2 is 2.33 bits per heavy atom. The number of hydrogen-bond acceptors (Lipinski definition) is 4. The molecule has 0 spiro atoms. The highest BCUT2D eigenvalue weighted by molar-refractivity contribution is 4.91. The molecule has 0 radical (unpaired) electrons. The van der Waals surface area contributed by atoms with E-state index in [4.69, 9.17) is 4.74 Å². The van der Waals surface area contributed by atoms with Crippen molar-refractivity contribution in [2.24, 2.45) is 7.05 Å². The molecule has 0 saturated heterocycles. The minimum atomic E-state index is 0.373. The van der Waals surface area contributed by atoms with E-state index in [-0.39, 0.29) is 0 Å². The lowest BCUT2D eigenvalue weighted by atomic mass is 10.2. The van der Waals surface area contributed by atoms with Crippen molar-refractivity contribution in [2.45, 2.75) is 25.9 Å². The van der Waals surface area contributed by atoms with Crippen molar-refractivity contribution in [2.75, 3.05) is 33.9 Å². The van der Waals surface area contributed by atoms with E-state index in [1.54, 1.807) is 7.11 Å². The molecule has 18 heavy (non-hydrogen) atoms. The predicted octanol–water partition coefficient (Wildman–Crippen LogP) is 0.867.